The largest absolute Gasteiger partial charge is 0.483 e. The van der Waals surface area contributed by atoms with Crippen molar-refractivity contribution in [2.75, 3.05) is 32.8 Å². The standard InChI is InChI=1S/C21H22F2N2O3/c1-14-4-3-5-19(15(14)2)28-13-20(26)24-8-10-25(11-9-24)21(27)17-7-6-16(22)12-18(17)23/h3-7,12H,8-11,13H2,1-2H3. The van der Waals surface area contributed by atoms with Crippen molar-refractivity contribution in [3.63, 3.8) is 0 Å². The molecule has 0 saturated carbocycles. The highest BCUT2D eigenvalue weighted by atomic mass is 19.1. The third-order valence-corrected chi connectivity index (χ3v) is 4.99. The molecule has 2 amide bonds. The fraction of sp³-hybridized carbons (Fsp3) is 0.333. The minimum absolute atomic E-state index is 0.0785. The van der Waals surface area contributed by atoms with Gasteiger partial charge >= 0.3 is 0 Å². The van der Waals surface area contributed by atoms with Crippen molar-refractivity contribution in [1.29, 1.82) is 0 Å². The van der Waals surface area contributed by atoms with Crippen molar-refractivity contribution in [2.45, 2.75) is 13.8 Å². The Morgan fingerprint density at radius 2 is 1.68 bits per heavy atom. The Labute approximate surface area is 162 Å². The molecule has 0 radical (unpaired) electrons. The number of benzene rings is 2. The van der Waals surface area contributed by atoms with Crippen molar-refractivity contribution in [3.05, 3.63) is 64.7 Å². The summed E-state index contributed by atoms with van der Waals surface area (Å²) >= 11 is 0. The van der Waals surface area contributed by atoms with E-state index in [1.807, 2.05) is 32.0 Å². The zero-order chi connectivity index (χ0) is 20.3. The molecule has 1 saturated heterocycles. The lowest BCUT2D eigenvalue weighted by Crippen LogP contribution is -2.51. The predicted octanol–water partition coefficient (Wildman–Crippen LogP) is 2.95. The lowest BCUT2D eigenvalue weighted by atomic mass is 10.1. The highest BCUT2D eigenvalue weighted by Gasteiger charge is 2.26. The van der Waals surface area contributed by atoms with Crippen LogP contribution in [0.15, 0.2) is 36.4 Å². The van der Waals surface area contributed by atoms with Crippen LogP contribution in [0.3, 0.4) is 0 Å². The van der Waals surface area contributed by atoms with E-state index in [0.29, 0.717) is 24.9 Å². The van der Waals surface area contributed by atoms with Gasteiger partial charge in [0.1, 0.15) is 17.4 Å². The van der Waals surface area contributed by atoms with Gasteiger partial charge in [-0.2, -0.15) is 0 Å². The summed E-state index contributed by atoms with van der Waals surface area (Å²) in [5.74, 6) is -1.61. The number of halogens is 2. The molecule has 148 valence electrons. The zero-order valence-corrected chi connectivity index (χ0v) is 15.9. The van der Waals surface area contributed by atoms with E-state index in [1.165, 1.54) is 4.90 Å². The van der Waals surface area contributed by atoms with Crippen LogP contribution in [0.4, 0.5) is 8.78 Å². The number of carbonyl (C=O) groups excluding carboxylic acids is 2. The van der Waals surface area contributed by atoms with Crippen molar-refractivity contribution in [2.24, 2.45) is 0 Å². The number of amides is 2. The molecule has 5 nitrogen and oxygen atoms in total. The lowest BCUT2D eigenvalue weighted by molar-refractivity contribution is -0.134. The summed E-state index contributed by atoms with van der Waals surface area (Å²) in [5.41, 5.74) is 1.91. The van der Waals surface area contributed by atoms with Crippen LogP contribution < -0.4 is 4.74 Å². The van der Waals surface area contributed by atoms with Gasteiger partial charge in [-0.3, -0.25) is 9.59 Å². The van der Waals surface area contributed by atoms with Gasteiger partial charge in [-0.25, -0.2) is 8.78 Å². The van der Waals surface area contributed by atoms with Gasteiger partial charge in [0, 0.05) is 32.2 Å². The van der Waals surface area contributed by atoms with Crippen LogP contribution in [-0.4, -0.2) is 54.4 Å². The molecular formula is C21H22F2N2O3. The first-order valence-electron chi connectivity index (χ1n) is 9.08. The normalized spacial score (nSPS) is 14.1. The Morgan fingerprint density at radius 1 is 1.00 bits per heavy atom. The quantitative estimate of drug-likeness (QED) is 0.809. The summed E-state index contributed by atoms with van der Waals surface area (Å²) in [6.45, 7) is 5.08. The van der Waals surface area contributed by atoms with Gasteiger partial charge in [-0.1, -0.05) is 12.1 Å². The van der Waals surface area contributed by atoms with Gasteiger partial charge in [-0.05, 0) is 43.2 Å². The molecule has 1 aliphatic heterocycles. The number of hydrogen-bond donors (Lipinski definition) is 0. The van der Waals surface area contributed by atoms with Crippen molar-refractivity contribution < 1.29 is 23.1 Å². The molecule has 0 aromatic heterocycles. The Kier molecular flexibility index (Phi) is 5.92. The first-order valence-corrected chi connectivity index (χ1v) is 9.08. The van der Waals surface area contributed by atoms with Gasteiger partial charge < -0.3 is 14.5 Å². The molecule has 3 rings (SSSR count). The van der Waals surface area contributed by atoms with E-state index >= 15 is 0 Å². The van der Waals surface area contributed by atoms with E-state index < -0.39 is 17.5 Å². The number of carbonyl (C=O) groups is 2. The molecule has 1 fully saturated rings. The molecule has 2 aromatic carbocycles. The van der Waals surface area contributed by atoms with E-state index in [1.54, 1.807) is 4.90 Å². The number of ether oxygens (including phenoxy) is 1. The number of rotatable bonds is 4. The first-order chi connectivity index (χ1) is 13.4. The summed E-state index contributed by atoms with van der Waals surface area (Å²) in [7, 11) is 0. The van der Waals surface area contributed by atoms with Gasteiger partial charge in [0.25, 0.3) is 11.8 Å². The second-order valence-electron chi connectivity index (χ2n) is 6.78. The second kappa shape index (κ2) is 8.37. The van der Waals surface area contributed by atoms with E-state index in [2.05, 4.69) is 0 Å². The molecule has 0 unspecified atom stereocenters. The third kappa shape index (κ3) is 4.30. The van der Waals surface area contributed by atoms with Gasteiger partial charge in [0.2, 0.25) is 0 Å². The molecule has 1 aliphatic rings. The van der Waals surface area contributed by atoms with Crippen LogP contribution in [-0.2, 0) is 4.79 Å². The fourth-order valence-corrected chi connectivity index (χ4v) is 3.10. The molecule has 0 aliphatic carbocycles. The molecule has 0 spiro atoms. The summed E-state index contributed by atoms with van der Waals surface area (Å²) in [6, 6.07) is 8.57. The van der Waals surface area contributed by atoms with Crippen LogP contribution in [0.25, 0.3) is 0 Å². The van der Waals surface area contributed by atoms with E-state index in [4.69, 9.17) is 4.74 Å². The maximum atomic E-state index is 13.8. The SMILES string of the molecule is Cc1cccc(OCC(=O)N2CCN(C(=O)c3ccc(F)cc3F)CC2)c1C. The van der Waals surface area contributed by atoms with Crippen molar-refractivity contribution in [3.8, 4) is 5.75 Å². The van der Waals surface area contributed by atoms with Gasteiger partial charge in [0.05, 0.1) is 5.56 Å². The summed E-state index contributed by atoms with van der Waals surface area (Å²) in [4.78, 5) is 27.9. The third-order valence-electron chi connectivity index (χ3n) is 4.99. The molecule has 2 aromatic rings. The summed E-state index contributed by atoms with van der Waals surface area (Å²) < 4.78 is 32.5. The average Bonchev–Trinajstić information content (AvgIpc) is 2.68. The van der Waals surface area contributed by atoms with Gasteiger partial charge in [-0.15, -0.1) is 0 Å². The van der Waals surface area contributed by atoms with Gasteiger partial charge in [0.15, 0.2) is 6.61 Å². The highest BCUT2D eigenvalue weighted by molar-refractivity contribution is 5.94. The van der Waals surface area contributed by atoms with Crippen LogP contribution in [0.2, 0.25) is 0 Å². The molecule has 0 N–H and O–H groups in total. The summed E-state index contributed by atoms with van der Waals surface area (Å²) in [6.07, 6.45) is 0. The first kappa shape index (κ1) is 19.8. The number of piperazine rings is 1. The number of aryl methyl sites for hydroxylation is 1. The average molecular weight is 388 g/mol. The zero-order valence-electron chi connectivity index (χ0n) is 15.9. The van der Waals surface area contributed by atoms with Crippen molar-refractivity contribution in [1.82, 2.24) is 9.80 Å². The number of nitrogens with zero attached hydrogens (tertiary/aromatic N) is 2. The molecule has 28 heavy (non-hydrogen) atoms. The molecule has 0 bridgehead atoms. The smallest absolute Gasteiger partial charge is 0.260 e. The molecule has 7 heteroatoms. The Hall–Kier alpha value is -2.96. The Morgan fingerprint density at radius 3 is 2.36 bits per heavy atom. The maximum Gasteiger partial charge on any atom is 0.260 e. The van der Waals surface area contributed by atoms with Crippen LogP contribution in [0.5, 0.6) is 5.75 Å². The predicted molar refractivity (Wildman–Crippen MR) is 100 cm³/mol. The fourth-order valence-electron chi connectivity index (χ4n) is 3.10. The monoisotopic (exact) mass is 388 g/mol. The van der Waals surface area contributed by atoms with Crippen LogP contribution in [0, 0.1) is 25.5 Å². The Bertz CT molecular complexity index is 893. The number of hydrogen-bond acceptors (Lipinski definition) is 3. The molecule has 1 heterocycles. The molecular weight excluding hydrogens is 366 g/mol. The summed E-state index contributed by atoms with van der Waals surface area (Å²) in [5, 5.41) is 0. The van der Waals surface area contributed by atoms with Crippen molar-refractivity contribution >= 4 is 11.8 Å². The Balaban J connectivity index is 1.54. The van der Waals surface area contributed by atoms with Crippen LogP contribution >= 0.6 is 0 Å². The second-order valence-corrected chi connectivity index (χ2v) is 6.78. The van der Waals surface area contributed by atoms with Crippen LogP contribution in [0.1, 0.15) is 21.5 Å². The minimum Gasteiger partial charge on any atom is -0.483 e. The van der Waals surface area contributed by atoms with E-state index in [9.17, 15) is 18.4 Å². The highest BCUT2D eigenvalue weighted by Crippen LogP contribution is 2.20. The van der Waals surface area contributed by atoms with E-state index in [0.717, 1.165) is 23.3 Å². The topological polar surface area (TPSA) is 49.9 Å². The minimum atomic E-state index is -0.884. The lowest BCUT2D eigenvalue weighted by Gasteiger charge is -2.34. The van der Waals surface area contributed by atoms with E-state index in [-0.39, 0.29) is 31.2 Å². The maximum absolute atomic E-state index is 13.8. The molecule has 0 atom stereocenters.